The molecule has 3 aromatic carbocycles. The lowest BCUT2D eigenvalue weighted by molar-refractivity contribution is 0.108. The van der Waals surface area contributed by atoms with Crippen LogP contribution in [0, 0.1) is 20.8 Å². The van der Waals surface area contributed by atoms with Crippen LogP contribution in [-0.4, -0.2) is 5.24 Å². The maximum Gasteiger partial charge on any atom is 0.252 e. The summed E-state index contributed by atoms with van der Waals surface area (Å²) in [5.74, 6) is 0. The van der Waals surface area contributed by atoms with E-state index in [2.05, 4.69) is 0 Å². The average Bonchev–Trinajstić information content (AvgIpc) is 2.62. The lowest BCUT2D eigenvalue weighted by Crippen LogP contribution is -2.04. The molecule has 3 aromatic rings. The second-order valence-corrected chi connectivity index (χ2v) is 8.26. The first-order valence-corrected chi connectivity index (χ1v) is 10.1. The molecule has 0 bridgehead atoms. The second kappa shape index (κ2) is 9.52. The van der Waals surface area contributed by atoms with Gasteiger partial charge in [0, 0.05) is 16.2 Å². The molecule has 0 spiro atoms. The lowest BCUT2D eigenvalue weighted by atomic mass is 10.0. The summed E-state index contributed by atoms with van der Waals surface area (Å²) < 4.78 is 12.0. The molecule has 0 saturated heterocycles. The third-order valence-corrected chi connectivity index (χ3v) is 5.85. The number of rotatable bonds is 3. The van der Waals surface area contributed by atoms with Crippen LogP contribution in [0.1, 0.15) is 27.0 Å². The van der Waals surface area contributed by atoms with Crippen molar-refractivity contribution in [1.82, 2.24) is 0 Å². The first kappa shape index (κ1) is 20.2. The summed E-state index contributed by atoms with van der Waals surface area (Å²) in [6, 6.07) is 23.1. The third-order valence-electron chi connectivity index (χ3n) is 3.95. The summed E-state index contributed by atoms with van der Waals surface area (Å²) in [6.45, 7) is 5.80. The number of halogens is 1. The number of hydrogen-bond acceptors (Lipinski definition) is 2. The van der Waals surface area contributed by atoms with Gasteiger partial charge in [0.05, 0.1) is 0 Å². The van der Waals surface area contributed by atoms with Gasteiger partial charge in [0.1, 0.15) is 7.80 Å². The zero-order chi connectivity index (χ0) is 19.1. The van der Waals surface area contributed by atoms with Gasteiger partial charge in [0.15, 0.2) is 0 Å². The molecule has 0 unspecified atom stereocenters. The molecule has 0 N–H and O–H groups in total. The maximum absolute atomic E-state index is 12.0. The Kier molecular flexibility index (Phi) is 7.38. The highest BCUT2D eigenvalue weighted by Gasteiger charge is 2.09. The van der Waals surface area contributed by atoms with E-state index in [4.69, 9.17) is 11.6 Å². The van der Waals surface area contributed by atoms with Crippen LogP contribution >= 0.6 is 19.4 Å². The molecule has 0 atom stereocenters. The summed E-state index contributed by atoms with van der Waals surface area (Å²) in [5, 5.41) is 1.47. The lowest BCUT2D eigenvalue weighted by Gasteiger charge is -2.05. The quantitative estimate of drug-likeness (QED) is 0.460. The van der Waals surface area contributed by atoms with Crippen molar-refractivity contribution in [2.24, 2.45) is 0 Å². The summed E-state index contributed by atoms with van der Waals surface area (Å²) in [7, 11) is -1.79. The Morgan fingerprint density at radius 1 is 0.769 bits per heavy atom. The number of hydrogen-bond donors (Lipinski definition) is 0. The topological polar surface area (TPSA) is 34.1 Å². The van der Waals surface area contributed by atoms with E-state index in [-0.39, 0.29) is 5.24 Å². The van der Waals surface area contributed by atoms with Gasteiger partial charge in [-0.3, -0.25) is 4.79 Å². The molecule has 0 aliphatic rings. The first-order valence-electron chi connectivity index (χ1n) is 8.32. The average molecular weight is 385 g/mol. The van der Waals surface area contributed by atoms with Crippen LogP contribution in [0.25, 0.3) is 0 Å². The molecule has 2 nitrogen and oxygen atoms in total. The van der Waals surface area contributed by atoms with E-state index in [9.17, 15) is 9.36 Å². The summed E-state index contributed by atoms with van der Waals surface area (Å²) in [6.07, 6.45) is 0. The van der Waals surface area contributed by atoms with Crippen molar-refractivity contribution in [2.75, 3.05) is 0 Å². The minimum atomic E-state index is -1.79. The van der Waals surface area contributed by atoms with Gasteiger partial charge in [0.2, 0.25) is 0 Å². The van der Waals surface area contributed by atoms with Crippen molar-refractivity contribution in [1.29, 1.82) is 0 Å². The van der Waals surface area contributed by atoms with Gasteiger partial charge in [0.25, 0.3) is 5.24 Å². The monoisotopic (exact) mass is 384 g/mol. The van der Waals surface area contributed by atoms with Gasteiger partial charge in [-0.1, -0.05) is 78.4 Å². The van der Waals surface area contributed by atoms with Crippen molar-refractivity contribution >= 4 is 35.3 Å². The minimum absolute atomic E-state index is 0.370. The minimum Gasteiger partial charge on any atom is -0.317 e. The number of benzene rings is 3. The molecular formula is C22H22ClO2P. The highest BCUT2D eigenvalue weighted by molar-refractivity contribution is 7.61. The largest absolute Gasteiger partial charge is 0.317 e. The Morgan fingerprint density at radius 3 is 1.50 bits per heavy atom. The van der Waals surface area contributed by atoms with Crippen LogP contribution < -0.4 is 10.6 Å². The van der Waals surface area contributed by atoms with Gasteiger partial charge < -0.3 is 4.57 Å². The normalized spacial score (nSPS) is 10.2. The summed E-state index contributed by atoms with van der Waals surface area (Å²) in [4.78, 5) is 11.0. The van der Waals surface area contributed by atoms with Crippen molar-refractivity contribution in [3.05, 3.63) is 95.1 Å². The fraction of sp³-hybridized carbons (Fsp3) is 0.136. The molecule has 0 radical (unpaired) electrons. The predicted octanol–water partition coefficient (Wildman–Crippen LogP) is 5.19. The fourth-order valence-corrected chi connectivity index (χ4v) is 4.46. The van der Waals surface area contributed by atoms with E-state index in [1.807, 2.05) is 93.6 Å². The third kappa shape index (κ3) is 5.42. The van der Waals surface area contributed by atoms with Crippen LogP contribution in [0.2, 0.25) is 0 Å². The smallest absolute Gasteiger partial charge is 0.252 e. The zero-order valence-corrected chi connectivity index (χ0v) is 16.9. The first-order chi connectivity index (χ1) is 12.4. The van der Waals surface area contributed by atoms with Crippen LogP contribution in [-0.2, 0) is 4.57 Å². The molecule has 0 saturated carbocycles. The SMILES string of the molecule is Cc1cc(C)c(C(=O)Cl)c(C)c1.O=[PH](c1ccccc1)c1ccccc1. The Morgan fingerprint density at radius 2 is 1.15 bits per heavy atom. The second-order valence-electron chi connectivity index (χ2n) is 6.11. The van der Waals surface area contributed by atoms with E-state index in [1.165, 1.54) is 0 Å². The predicted molar refractivity (Wildman–Crippen MR) is 112 cm³/mol. The molecule has 3 rings (SSSR count). The molecule has 0 aliphatic carbocycles. The highest BCUT2D eigenvalue weighted by Crippen LogP contribution is 2.18. The molecule has 0 fully saturated rings. The standard InChI is InChI=1S/C12H11OP.C10H11ClO/c13-14(11-7-3-1-4-8-11)12-9-5-2-6-10-12;1-6-4-7(2)9(10(11)12)8(3)5-6/h1-10,14H;4-5H,1-3H3. The molecule has 0 aliphatic heterocycles. The van der Waals surface area contributed by atoms with E-state index in [1.54, 1.807) is 0 Å². The van der Waals surface area contributed by atoms with Crippen molar-refractivity contribution in [3.8, 4) is 0 Å². The molecule has 26 heavy (non-hydrogen) atoms. The van der Waals surface area contributed by atoms with Crippen molar-refractivity contribution < 1.29 is 9.36 Å². The molecule has 134 valence electrons. The summed E-state index contributed by atoms with van der Waals surface area (Å²) >= 11 is 5.43. The molecule has 0 heterocycles. The van der Waals surface area contributed by atoms with E-state index in [0.29, 0.717) is 5.56 Å². The zero-order valence-electron chi connectivity index (χ0n) is 15.1. The van der Waals surface area contributed by atoms with Gasteiger partial charge >= 0.3 is 0 Å². The Balaban J connectivity index is 0.000000190. The van der Waals surface area contributed by atoms with E-state index >= 15 is 0 Å². The maximum atomic E-state index is 12.0. The Bertz CT molecular complexity index is 841. The highest BCUT2D eigenvalue weighted by atomic mass is 35.5. The van der Waals surface area contributed by atoms with Crippen LogP contribution in [0.15, 0.2) is 72.8 Å². The molecular weight excluding hydrogens is 363 g/mol. The number of carbonyl (C=O) groups excluding carboxylic acids is 1. The molecule has 0 amide bonds. The van der Waals surface area contributed by atoms with Gasteiger partial charge in [-0.25, -0.2) is 0 Å². The van der Waals surface area contributed by atoms with Crippen LogP contribution in [0.5, 0.6) is 0 Å². The number of aryl methyl sites for hydroxylation is 3. The number of carbonyl (C=O) groups is 1. The Hall–Kier alpha value is -2.15. The van der Waals surface area contributed by atoms with E-state index in [0.717, 1.165) is 27.3 Å². The van der Waals surface area contributed by atoms with Crippen molar-refractivity contribution in [2.45, 2.75) is 20.8 Å². The summed E-state index contributed by atoms with van der Waals surface area (Å²) in [5.41, 5.74) is 3.70. The van der Waals surface area contributed by atoms with E-state index < -0.39 is 7.80 Å². The molecule has 0 aromatic heterocycles. The Labute approximate surface area is 160 Å². The van der Waals surface area contributed by atoms with Crippen molar-refractivity contribution in [3.63, 3.8) is 0 Å². The molecule has 4 heteroatoms. The van der Waals surface area contributed by atoms with Gasteiger partial charge in [-0.2, -0.15) is 0 Å². The van der Waals surface area contributed by atoms with Crippen LogP contribution in [0.4, 0.5) is 0 Å². The van der Waals surface area contributed by atoms with Gasteiger partial charge in [-0.05, 0) is 43.5 Å². The fourth-order valence-electron chi connectivity index (χ4n) is 2.84. The van der Waals surface area contributed by atoms with Crippen LogP contribution in [0.3, 0.4) is 0 Å². The van der Waals surface area contributed by atoms with Gasteiger partial charge in [-0.15, -0.1) is 0 Å².